The van der Waals surface area contributed by atoms with Gasteiger partial charge in [-0.15, -0.1) is 11.3 Å². The van der Waals surface area contributed by atoms with Gasteiger partial charge in [-0.2, -0.15) is 0 Å². The maximum Gasteiger partial charge on any atom is 0.282 e. The summed E-state index contributed by atoms with van der Waals surface area (Å²) in [6.07, 6.45) is -2.09. The maximum atomic E-state index is 13.1. The van der Waals surface area contributed by atoms with Gasteiger partial charge in [0.25, 0.3) is 12.3 Å². The average Bonchev–Trinajstić information content (AvgIpc) is 3.16. The second kappa shape index (κ2) is 7.39. The Hall–Kier alpha value is -2.88. The molecule has 3 N–H and O–H groups in total. The molecule has 27 heavy (non-hydrogen) atoms. The van der Waals surface area contributed by atoms with Gasteiger partial charge in [0.1, 0.15) is 10.6 Å². The van der Waals surface area contributed by atoms with E-state index < -0.39 is 23.9 Å². The smallest absolute Gasteiger partial charge is 0.282 e. The Labute approximate surface area is 157 Å². The molecule has 2 heterocycles. The molecule has 10 heteroatoms. The normalized spacial score (nSPS) is 11.3. The van der Waals surface area contributed by atoms with E-state index in [9.17, 15) is 18.4 Å². The predicted octanol–water partition coefficient (Wildman–Crippen LogP) is 3.50. The molecule has 3 aromatic rings. The van der Waals surface area contributed by atoms with E-state index in [-0.39, 0.29) is 10.8 Å². The second-order valence-electron chi connectivity index (χ2n) is 5.86. The van der Waals surface area contributed by atoms with Crippen LogP contribution in [0.1, 0.15) is 50.5 Å². The van der Waals surface area contributed by atoms with Crippen molar-refractivity contribution in [2.75, 3.05) is 5.32 Å². The zero-order chi connectivity index (χ0) is 19.7. The molecule has 7 nitrogen and oxygen atoms in total. The Bertz CT molecular complexity index is 1030. The first-order valence-corrected chi connectivity index (χ1v) is 9.00. The fourth-order valence-corrected chi connectivity index (χ4v) is 3.56. The number of aryl methyl sites for hydroxylation is 2. The predicted molar refractivity (Wildman–Crippen MR) is 98.3 cm³/mol. The Balaban J connectivity index is 2.02. The van der Waals surface area contributed by atoms with E-state index in [4.69, 9.17) is 5.73 Å². The van der Waals surface area contributed by atoms with Crippen LogP contribution in [-0.2, 0) is 6.54 Å². The second-order valence-corrected chi connectivity index (χ2v) is 7.06. The summed E-state index contributed by atoms with van der Waals surface area (Å²) in [7, 11) is 0. The van der Waals surface area contributed by atoms with Crippen molar-refractivity contribution in [2.24, 2.45) is 5.73 Å². The standard InChI is InChI=1S/C17H17F2N5O2S/c1-3-6-24-11-5-4-9(15(20)25)7-10(11)22-17(24)23-16(26)13-12(14(18)19)21-8(2)27-13/h4-5,7,14H,3,6H2,1-2H3,(H2,20,25)(H,22,23,26). The molecule has 0 atom stereocenters. The number of thiazole rings is 1. The number of benzene rings is 1. The van der Waals surface area contributed by atoms with Crippen LogP contribution in [0, 0.1) is 6.92 Å². The van der Waals surface area contributed by atoms with Crippen molar-refractivity contribution >= 4 is 40.1 Å². The van der Waals surface area contributed by atoms with E-state index >= 15 is 0 Å². The monoisotopic (exact) mass is 393 g/mol. The van der Waals surface area contributed by atoms with Gasteiger partial charge in [0, 0.05) is 12.1 Å². The fraction of sp³-hybridized carbons (Fsp3) is 0.294. The SMILES string of the molecule is CCCn1c(NC(=O)c2sc(C)nc2C(F)F)nc2cc(C(N)=O)ccc21. The third kappa shape index (κ3) is 3.65. The van der Waals surface area contributed by atoms with Crippen molar-refractivity contribution in [2.45, 2.75) is 33.2 Å². The Morgan fingerprint density at radius 1 is 1.33 bits per heavy atom. The first kappa shape index (κ1) is 18.9. The summed E-state index contributed by atoms with van der Waals surface area (Å²) in [6.45, 7) is 4.06. The summed E-state index contributed by atoms with van der Waals surface area (Å²) in [5.74, 6) is -1.07. The number of primary amides is 1. The molecule has 0 bridgehead atoms. The summed E-state index contributed by atoms with van der Waals surface area (Å²) >= 11 is 0.901. The van der Waals surface area contributed by atoms with Crippen molar-refractivity contribution in [1.29, 1.82) is 0 Å². The maximum absolute atomic E-state index is 13.1. The minimum absolute atomic E-state index is 0.143. The van der Waals surface area contributed by atoms with Crippen molar-refractivity contribution in [3.8, 4) is 0 Å². The van der Waals surface area contributed by atoms with Gasteiger partial charge >= 0.3 is 0 Å². The number of nitrogens with two attached hydrogens (primary N) is 1. The number of hydrogen-bond acceptors (Lipinski definition) is 5. The molecule has 0 saturated carbocycles. The lowest BCUT2D eigenvalue weighted by atomic mass is 10.2. The summed E-state index contributed by atoms with van der Waals surface area (Å²) in [4.78, 5) is 31.9. The van der Waals surface area contributed by atoms with Crippen molar-refractivity contribution < 1.29 is 18.4 Å². The summed E-state index contributed by atoms with van der Waals surface area (Å²) in [6, 6.07) is 4.79. The average molecular weight is 393 g/mol. The zero-order valence-corrected chi connectivity index (χ0v) is 15.4. The molecule has 3 rings (SSSR count). The number of aromatic nitrogens is 3. The number of halogens is 2. The number of anilines is 1. The van der Waals surface area contributed by atoms with Crippen LogP contribution in [0.25, 0.3) is 11.0 Å². The molecule has 0 fully saturated rings. The minimum atomic E-state index is -2.84. The highest BCUT2D eigenvalue weighted by Crippen LogP contribution is 2.28. The molecule has 0 aliphatic carbocycles. The molecule has 2 aromatic heterocycles. The van der Waals surface area contributed by atoms with Crippen molar-refractivity contribution in [3.63, 3.8) is 0 Å². The third-order valence-electron chi connectivity index (χ3n) is 3.88. The van der Waals surface area contributed by atoms with Crippen LogP contribution in [0.5, 0.6) is 0 Å². The first-order chi connectivity index (χ1) is 12.8. The van der Waals surface area contributed by atoms with Crippen LogP contribution < -0.4 is 11.1 Å². The summed E-state index contributed by atoms with van der Waals surface area (Å²) < 4.78 is 28.0. The molecule has 1 aromatic carbocycles. The number of hydrogen-bond donors (Lipinski definition) is 2. The Morgan fingerprint density at radius 2 is 2.07 bits per heavy atom. The van der Waals surface area contributed by atoms with Crippen LogP contribution in [0.3, 0.4) is 0 Å². The van der Waals surface area contributed by atoms with Gasteiger partial charge in [0.2, 0.25) is 11.9 Å². The minimum Gasteiger partial charge on any atom is -0.366 e. The highest BCUT2D eigenvalue weighted by molar-refractivity contribution is 7.13. The molecule has 0 aliphatic heterocycles. The van der Waals surface area contributed by atoms with Gasteiger partial charge in [-0.25, -0.2) is 18.7 Å². The number of nitrogens with zero attached hydrogens (tertiary/aromatic N) is 3. The molecular weight excluding hydrogens is 376 g/mol. The highest BCUT2D eigenvalue weighted by Gasteiger charge is 2.25. The Kier molecular flexibility index (Phi) is 5.17. The molecule has 2 amide bonds. The lowest BCUT2D eigenvalue weighted by Gasteiger charge is -2.09. The van der Waals surface area contributed by atoms with E-state index in [1.807, 2.05) is 6.92 Å². The molecule has 0 spiro atoms. The van der Waals surface area contributed by atoms with Gasteiger partial charge in [0.05, 0.1) is 16.0 Å². The molecule has 0 radical (unpaired) electrons. The van der Waals surface area contributed by atoms with Crippen LogP contribution in [0.2, 0.25) is 0 Å². The summed E-state index contributed by atoms with van der Waals surface area (Å²) in [5.41, 5.74) is 6.22. The van der Waals surface area contributed by atoms with E-state index in [1.54, 1.807) is 23.6 Å². The lowest BCUT2D eigenvalue weighted by molar-refractivity contribution is 0.0996. The number of nitrogens with one attached hydrogen (secondary N) is 1. The van der Waals surface area contributed by atoms with E-state index in [0.29, 0.717) is 28.1 Å². The van der Waals surface area contributed by atoms with Gasteiger partial charge < -0.3 is 10.3 Å². The van der Waals surface area contributed by atoms with Crippen molar-refractivity contribution in [3.05, 3.63) is 39.3 Å². The van der Waals surface area contributed by atoms with Crippen LogP contribution in [0.4, 0.5) is 14.7 Å². The number of carbonyl (C=O) groups excluding carboxylic acids is 2. The van der Waals surface area contributed by atoms with Crippen LogP contribution in [-0.4, -0.2) is 26.3 Å². The van der Waals surface area contributed by atoms with Crippen LogP contribution in [0.15, 0.2) is 18.2 Å². The molecule has 0 aliphatic rings. The number of alkyl halides is 2. The largest absolute Gasteiger partial charge is 0.366 e. The molecular formula is C17H17F2N5O2S. The van der Waals surface area contributed by atoms with E-state index in [2.05, 4.69) is 15.3 Å². The van der Waals surface area contributed by atoms with E-state index in [0.717, 1.165) is 17.8 Å². The quantitative estimate of drug-likeness (QED) is 0.669. The topological polar surface area (TPSA) is 103 Å². The van der Waals surface area contributed by atoms with E-state index in [1.165, 1.54) is 6.07 Å². The number of carbonyl (C=O) groups is 2. The molecule has 142 valence electrons. The van der Waals surface area contributed by atoms with Crippen molar-refractivity contribution in [1.82, 2.24) is 14.5 Å². The molecule has 0 saturated heterocycles. The number of rotatable bonds is 6. The third-order valence-corrected chi connectivity index (χ3v) is 4.86. The molecule has 0 unspecified atom stereocenters. The highest BCUT2D eigenvalue weighted by atomic mass is 32.1. The number of imidazole rings is 1. The zero-order valence-electron chi connectivity index (χ0n) is 14.6. The van der Waals surface area contributed by atoms with Crippen LogP contribution >= 0.6 is 11.3 Å². The van der Waals surface area contributed by atoms with Gasteiger partial charge in [-0.05, 0) is 31.5 Å². The first-order valence-electron chi connectivity index (χ1n) is 8.18. The number of amides is 2. The lowest BCUT2D eigenvalue weighted by Crippen LogP contribution is -2.16. The summed E-state index contributed by atoms with van der Waals surface area (Å²) in [5, 5.41) is 2.97. The van der Waals surface area contributed by atoms with Gasteiger partial charge in [-0.1, -0.05) is 6.92 Å². The number of fused-ring (bicyclic) bond motifs is 1. The fourth-order valence-electron chi connectivity index (χ4n) is 2.74. The Morgan fingerprint density at radius 3 is 2.70 bits per heavy atom. The van der Waals surface area contributed by atoms with Gasteiger partial charge in [0.15, 0.2) is 0 Å². The van der Waals surface area contributed by atoms with Gasteiger partial charge in [-0.3, -0.25) is 14.9 Å².